The van der Waals surface area contributed by atoms with Crippen LogP contribution in [0.1, 0.15) is 54.9 Å². The highest BCUT2D eigenvalue weighted by atomic mass is 28.4. The average molecular weight is 427 g/mol. The maximum Gasteiger partial charge on any atom is 0.524 e. The number of hydroxylamine groups is 1. The fourth-order valence-electron chi connectivity index (χ4n) is 2.45. The molecule has 10 nitrogen and oxygen atoms in total. The predicted octanol–water partition coefficient (Wildman–Crippen LogP) is 2.30. The molecular weight excluding hydrogens is 388 g/mol. The molecule has 0 aromatic carbocycles. The van der Waals surface area contributed by atoms with E-state index in [1.807, 2.05) is 27.7 Å². The molecule has 0 aromatic heterocycles. The van der Waals surface area contributed by atoms with Crippen molar-refractivity contribution in [2.75, 3.05) is 26.9 Å². The Morgan fingerprint density at radius 1 is 0.857 bits per heavy atom. The van der Waals surface area contributed by atoms with Crippen LogP contribution in [0.3, 0.4) is 0 Å². The van der Waals surface area contributed by atoms with E-state index >= 15 is 0 Å². The SMILES string of the molecule is CCO[Si](OCC)(OCC)C(CC)NC(=O)NOC(C)OC(C)OC(C)OC. The quantitative estimate of drug-likeness (QED) is 0.220. The molecule has 4 atom stereocenters. The van der Waals surface area contributed by atoms with Crippen molar-refractivity contribution in [2.24, 2.45) is 0 Å². The van der Waals surface area contributed by atoms with Crippen molar-refractivity contribution in [3.63, 3.8) is 0 Å². The lowest BCUT2D eigenvalue weighted by Crippen LogP contribution is -2.64. The molecule has 0 saturated carbocycles. The minimum absolute atomic E-state index is 0.419. The lowest BCUT2D eigenvalue weighted by Gasteiger charge is -2.35. The van der Waals surface area contributed by atoms with Crippen molar-refractivity contribution < 1.29 is 37.1 Å². The molecule has 168 valence electrons. The first-order valence-electron chi connectivity index (χ1n) is 9.76. The molecule has 28 heavy (non-hydrogen) atoms. The molecule has 11 heteroatoms. The third-order valence-corrected chi connectivity index (χ3v) is 7.07. The van der Waals surface area contributed by atoms with E-state index in [2.05, 4.69) is 10.8 Å². The molecule has 0 rings (SSSR count). The van der Waals surface area contributed by atoms with Crippen molar-refractivity contribution in [3.8, 4) is 0 Å². The number of hydrogen-bond donors (Lipinski definition) is 2. The normalized spacial score (nSPS) is 16.3. The van der Waals surface area contributed by atoms with Gasteiger partial charge in [-0.15, -0.1) is 0 Å². The fraction of sp³-hybridized carbons (Fsp3) is 0.941. The summed E-state index contributed by atoms with van der Waals surface area (Å²) in [5.74, 6) is 0. The van der Waals surface area contributed by atoms with Crippen molar-refractivity contribution in [3.05, 3.63) is 0 Å². The summed E-state index contributed by atoms with van der Waals surface area (Å²) < 4.78 is 33.4. The van der Waals surface area contributed by atoms with Gasteiger partial charge in [0.05, 0.1) is 0 Å². The number of carbonyl (C=O) groups excluding carboxylic acids is 1. The number of rotatable bonds is 16. The van der Waals surface area contributed by atoms with Crippen molar-refractivity contribution in [1.29, 1.82) is 0 Å². The maximum absolute atomic E-state index is 12.3. The van der Waals surface area contributed by atoms with Gasteiger partial charge in [-0.05, 0) is 48.0 Å². The van der Waals surface area contributed by atoms with Crippen LogP contribution >= 0.6 is 0 Å². The molecule has 0 aliphatic heterocycles. The van der Waals surface area contributed by atoms with Crippen LogP contribution < -0.4 is 10.8 Å². The van der Waals surface area contributed by atoms with Crippen molar-refractivity contribution in [2.45, 2.75) is 79.4 Å². The number of carbonyl (C=O) groups is 1. The minimum Gasteiger partial charge on any atom is -0.373 e. The highest BCUT2D eigenvalue weighted by Gasteiger charge is 2.49. The Morgan fingerprint density at radius 2 is 1.36 bits per heavy atom. The van der Waals surface area contributed by atoms with Crippen LogP contribution in [0.4, 0.5) is 4.79 Å². The summed E-state index contributed by atoms with van der Waals surface area (Å²) in [5.41, 5.74) is 1.89. The summed E-state index contributed by atoms with van der Waals surface area (Å²) >= 11 is 0. The number of ether oxygens (including phenoxy) is 3. The van der Waals surface area contributed by atoms with Crippen LogP contribution in [0, 0.1) is 0 Å². The van der Waals surface area contributed by atoms with Crippen LogP contribution in [0.2, 0.25) is 0 Å². The van der Waals surface area contributed by atoms with E-state index in [4.69, 9.17) is 32.3 Å². The van der Waals surface area contributed by atoms with Crippen LogP contribution in [0.5, 0.6) is 0 Å². The molecule has 0 bridgehead atoms. The van der Waals surface area contributed by atoms with Gasteiger partial charge in [0.25, 0.3) is 0 Å². The third kappa shape index (κ3) is 10.1. The zero-order valence-electron chi connectivity index (χ0n) is 18.4. The van der Waals surface area contributed by atoms with Crippen LogP contribution in [-0.2, 0) is 32.3 Å². The van der Waals surface area contributed by atoms with Gasteiger partial charge in [-0.3, -0.25) is 0 Å². The fourth-order valence-corrected chi connectivity index (χ4v) is 5.32. The highest BCUT2D eigenvalue weighted by molar-refractivity contribution is 6.62. The summed E-state index contributed by atoms with van der Waals surface area (Å²) in [6, 6.07) is -0.544. The van der Waals surface area contributed by atoms with Gasteiger partial charge in [0.2, 0.25) is 0 Å². The number of amides is 2. The molecule has 0 heterocycles. The highest BCUT2D eigenvalue weighted by Crippen LogP contribution is 2.18. The van der Waals surface area contributed by atoms with Crippen LogP contribution in [0.15, 0.2) is 0 Å². The Bertz CT molecular complexity index is 402. The summed E-state index contributed by atoms with van der Waals surface area (Å²) in [4.78, 5) is 17.5. The van der Waals surface area contributed by atoms with Crippen molar-refractivity contribution >= 4 is 14.8 Å². The summed E-state index contributed by atoms with van der Waals surface area (Å²) in [6.07, 6.45) is -1.16. The molecule has 0 aliphatic carbocycles. The van der Waals surface area contributed by atoms with Gasteiger partial charge >= 0.3 is 14.8 Å². The molecule has 2 N–H and O–H groups in total. The molecule has 4 unspecified atom stereocenters. The summed E-state index contributed by atoms with van der Waals surface area (Å²) in [6.45, 7) is 13.9. The summed E-state index contributed by atoms with van der Waals surface area (Å²) in [7, 11) is -1.55. The van der Waals surface area contributed by atoms with Gasteiger partial charge in [-0.2, -0.15) is 0 Å². The molecule has 0 fully saturated rings. The Kier molecular flexibility index (Phi) is 14.7. The lowest BCUT2D eigenvalue weighted by atomic mass is 10.5. The first-order chi connectivity index (χ1) is 13.3. The third-order valence-electron chi connectivity index (χ3n) is 3.59. The maximum atomic E-state index is 12.3. The second-order valence-corrected chi connectivity index (χ2v) is 8.54. The topological polar surface area (TPSA) is 106 Å². The van der Waals surface area contributed by atoms with Gasteiger partial charge < -0.3 is 32.8 Å². The van der Waals surface area contributed by atoms with Crippen LogP contribution in [0.25, 0.3) is 0 Å². The lowest BCUT2D eigenvalue weighted by molar-refractivity contribution is -0.282. The molecule has 0 saturated heterocycles. The molecule has 0 spiro atoms. The predicted molar refractivity (Wildman–Crippen MR) is 105 cm³/mol. The van der Waals surface area contributed by atoms with Gasteiger partial charge in [0, 0.05) is 26.9 Å². The number of methoxy groups -OCH3 is 1. The molecule has 2 amide bonds. The van der Waals surface area contributed by atoms with Crippen molar-refractivity contribution in [1.82, 2.24) is 10.8 Å². The van der Waals surface area contributed by atoms with Gasteiger partial charge in [-0.25, -0.2) is 15.1 Å². The first kappa shape index (κ1) is 27.2. The first-order valence-corrected chi connectivity index (χ1v) is 11.6. The van der Waals surface area contributed by atoms with E-state index in [0.717, 1.165) is 0 Å². The standard InChI is InChI=1S/C17H38N2O8Si/c1-9-16(28(22-10-2,23-11-3)24-12-4)18-17(20)19-27-15(7)26-14(6)25-13(5)21-8/h13-16H,9-12H2,1-8H3,(H2,18,19,20). The van der Waals surface area contributed by atoms with E-state index in [-0.39, 0.29) is 0 Å². The number of nitrogens with one attached hydrogen (secondary N) is 2. The van der Waals surface area contributed by atoms with Crippen LogP contribution in [-0.4, -0.2) is 66.3 Å². The van der Waals surface area contributed by atoms with Gasteiger partial charge in [-0.1, -0.05) is 6.92 Å². The van der Waals surface area contributed by atoms with Gasteiger partial charge in [0.1, 0.15) is 5.67 Å². The minimum atomic E-state index is -3.09. The molecule has 0 aliphatic rings. The zero-order valence-corrected chi connectivity index (χ0v) is 19.4. The second-order valence-electron chi connectivity index (χ2n) is 5.77. The number of urea groups is 1. The van der Waals surface area contributed by atoms with E-state index in [1.165, 1.54) is 7.11 Å². The smallest absolute Gasteiger partial charge is 0.373 e. The Balaban J connectivity index is 4.69. The zero-order chi connectivity index (χ0) is 21.6. The molecule has 0 radical (unpaired) electrons. The molecular formula is C17H38N2O8Si. The molecule has 0 aromatic rings. The average Bonchev–Trinajstić information content (AvgIpc) is 2.64. The van der Waals surface area contributed by atoms with Gasteiger partial charge in [0.15, 0.2) is 18.9 Å². The second kappa shape index (κ2) is 15.1. The van der Waals surface area contributed by atoms with E-state index in [1.54, 1.807) is 20.8 Å². The summed E-state index contributed by atoms with van der Waals surface area (Å²) in [5, 5.41) is 2.82. The Morgan fingerprint density at radius 3 is 1.79 bits per heavy atom. The Labute approximate surface area is 169 Å². The largest absolute Gasteiger partial charge is 0.524 e. The van der Waals surface area contributed by atoms with E-state index in [9.17, 15) is 4.79 Å². The van der Waals surface area contributed by atoms with E-state index < -0.39 is 39.4 Å². The monoisotopic (exact) mass is 426 g/mol. The number of hydrogen-bond acceptors (Lipinski definition) is 8. The Hall–Kier alpha value is -0.793. The van der Waals surface area contributed by atoms with E-state index in [0.29, 0.717) is 26.2 Å².